The molecule has 0 bridgehead atoms. The average molecular weight is 275 g/mol. The van der Waals surface area contributed by atoms with E-state index < -0.39 is 0 Å². The molecule has 4 rings (SSSR count). The molecule has 0 aliphatic heterocycles. The first-order chi connectivity index (χ1) is 10.4. The zero-order chi connectivity index (χ0) is 14.1. The maximum absolute atomic E-state index is 2.38. The average Bonchev–Trinajstić information content (AvgIpc) is 3.30. The molecule has 0 saturated heterocycles. The van der Waals surface area contributed by atoms with Gasteiger partial charge in [-0.25, -0.2) is 0 Å². The third-order valence-electron chi connectivity index (χ3n) is 5.16. The summed E-state index contributed by atoms with van der Waals surface area (Å²) < 4.78 is 0. The van der Waals surface area contributed by atoms with E-state index in [2.05, 4.69) is 54.6 Å². The molecule has 107 valence electrons. The normalized spacial score (nSPS) is 18.7. The summed E-state index contributed by atoms with van der Waals surface area (Å²) in [5.74, 6) is 3.37. The fourth-order valence-corrected chi connectivity index (χ4v) is 3.57. The minimum atomic E-state index is 0.824. The minimum absolute atomic E-state index is 0.824. The maximum Gasteiger partial charge on any atom is 0.0127 e. The van der Waals surface area contributed by atoms with E-state index in [0.717, 1.165) is 18.3 Å². The molecule has 0 aromatic heterocycles. The van der Waals surface area contributed by atoms with Crippen LogP contribution in [0.2, 0.25) is 0 Å². The number of benzene rings is 2. The Kier molecular flexibility index (Phi) is 3.55. The van der Waals surface area contributed by atoms with Crippen LogP contribution in [0.1, 0.15) is 54.7 Å². The highest BCUT2D eigenvalue weighted by Gasteiger charge is 2.34. The van der Waals surface area contributed by atoms with Gasteiger partial charge in [0, 0.05) is 5.92 Å². The Hall–Kier alpha value is -1.56. The fraction of sp³-hybridized carbons (Fsp3) is 0.381. The van der Waals surface area contributed by atoms with Gasteiger partial charge in [0.25, 0.3) is 0 Å². The van der Waals surface area contributed by atoms with Crippen LogP contribution < -0.4 is 0 Å². The van der Waals surface area contributed by atoms with Crippen molar-refractivity contribution in [3.63, 3.8) is 0 Å². The van der Waals surface area contributed by atoms with E-state index in [-0.39, 0.29) is 0 Å². The van der Waals surface area contributed by atoms with E-state index in [1.807, 2.05) is 0 Å². The monoisotopic (exact) mass is 275 g/mol. The van der Waals surface area contributed by atoms with Gasteiger partial charge in [-0.2, -0.15) is 0 Å². The third kappa shape index (κ3) is 2.77. The molecule has 2 saturated carbocycles. The second-order valence-corrected chi connectivity index (χ2v) is 6.68. The predicted molar refractivity (Wildman–Crippen MR) is 88.2 cm³/mol. The van der Waals surface area contributed by atoms with E-state index in [1.165, 1.54) is 37.7 Å². The molecule has 0 heterocycles. The lowest BCUT2D eigenvalue weighted by Gasteiger charge is -2.35. The van der Waals surface area contributed by atoms with Gasteiger partial charge in [0.1, 0.15) is 0 Å². The third-order valence-corrected chi connectivity index (χ3v) is 5.16. The van der Waals surface area contributed by atoms with Crippen LogP contribution in [0.25, 0.3) is 0 Å². The fourth-order valence-electron chi connectivity index (χ4n) is 3.57. The predicted octanol–water partition coefficient (Wildman–Crippen LogP) is 5.53. The lowest BCUT2D eigenvalue weighted by molar-refractivity contribution is 0.331. The minimum Gasteiger partial charge on any atom is -0.0622 e. The van der Waals surface area contributed by atoms with Gasteiger partial charge >= 0.3 is 0 Å². The molecule has 0 spiro atoms. The van der Waals surface area contributed by atoms with Crippen LogP contribution >= 0.6 is 0 Å². The van der Waals surface area contributed by atoms with Crippen LogP contribution in [0, 0.1) is 11.8 Å². The van der Waals surface area contributed by atoms with Gasteiger partial charge in [-0.1, -0.05) is 61.0 Å². The van der Waals surface area contributed by atoms with Crippen LogP contribution in [0.5, 0.6) is 0 Å². The highest BCUT2D eigenvalue weighted by atomic mass is 14.4. The van der Waals surface area contributed by atoms with Crippen LogP contribution in [-0.2, 0) is 6.42 Å². The van der Waals surface area contributed by atoms with Gasteiger partial charge in [-0.15, -0.1) is 0 Å². The highest BCUT2D eigenvalue weighted by molar-refractivity contribution is 5.45. The zero-order valence-electron chi connectivity index (χ0n) is 12.6. The molecule has 0 unspecified atom stereocenters. The Morgan fingerprint density at radius 3 is 2.19 bits per heavy atom. The molecule has 1 radical (unpaired) electrons. The van der Waals surface area contributed by atoms with Gasteiger partial charge in [-0.05, 0) is 60.6 Å². The zero-order valence-corrected chi connectivity index (χ0v) is 12.6. The number of hydrogen-bond acceptors (Lipinski definition) is 0. The molecule has 2 aliphatic carbocycles. The summed E-state index contributed by atoms with van der Waals surface area (Å²) in [7, 11) is 0. The second-order valence-electron chi connectivity index (χ2n) is 6.68. The largest absolute Gasteiger partial charge is 0.0622 e. The molecular formula is C21H23. The van der Waals surface area contributed by atoms with Gasteiger partial charge in [-0.3, -0.25) is 0 Å². The van der Waals surface area contributed by atoms with Crippen molar-refractivity contribution in [1.82, 2.24) is 0 Å². The van der Waals surface area contributed by atoms with Crippen molar-refractivity contribution >= 4 is 0 Å². The lowest BCUT2D eigenvalue weighted by Crippen LogP contribution is -2.24. The van der Waals surface area contributed by atoms with Gasteiger partial charge in [0.15, 0.2) is 0 Å². The highest BCUT2D eigenvalue weighted by Crippen LogP contribution is 2.47. The van der Waals surface area contributed by atoms with Gasteiger partial charge < -0.3 is 0 Å². The summed E-state index contributed by atoms with van der Waals surface area (Å²) in [4.78, 5) is 0. The van der Waals surface area contributed by atoms with Crippen LogP contribution in [0.3, 0.4) is 0 Å². The lowest BCUT2D eigenvalue weighted by atomic mass is 9.69. The Morgan fingerprint density at radius 1 is 0.810 bits per heavy atom. The summed E-state index contributed by atoms with van der Waals surface area (Å²) in [5, 5.41) is 0. The van der Waals surface area contributed by atoms with Crippen molar-refractivity contribution in [2.75, 3.05) is 0 Å². The molecule has 2 aromatic carbocycles. The van der Waals surface area contributed by atoms with Crippen molar-refractivity contribution in [3.8, 4) is 0 Å². The maximum atomic E-state index is 2.38. The van der Waals surface area contributed by atoms with Crippen molar-refractivity contribution in [2.24, 2.45) is 5.92 Å². The molecule has 0 heteroatoms. The van der Waals surface area contributed by atoms with Crippen LogP contribution in [-0.4, -0.2) is 0 Å². The molecule has 0 nitrogen and oxygen atoms in total. The summed E-state index contributed by atoms with van der Waals surface area (Å²) in [6.45, 7) is 0. The summed E-state index contributed by atoms with van der Waals surface area (Å²) in [6.07, 6.45) is 8.10. The van der Waals surface area contributed by atoms with E-state index >= 15 is 0 Å². The summed E-state index contributed by atoms with van der Waals surface area (Å²) in [5.41, 5.74) is 4.66. The first-order valence-electron chi connectivity index (χ1n) is 8.41. The molecule has 0 amide bonds. The van der Waals surface area contributed by atoms with Crippen LogP contribution in [0.4, 0.5) is 0 Å². The van der Waals surface area contributed by atoms with Crippen molar-refractivity contribution in [3.05, 3.63) is 77.2 Å². The first kappa shape index (κ1) is 13.1. The molecule has 2 fully saturated rings. The van der Waals surface area contributed by atoms with Crippen molar-refractivity contribution < 1.29 is 0 Å². The Bertz CT molecular complexity index is 590. The summed E-state index contributed by atoms with van der Waals surface area (Å²) in [6, 6.07) is 20.2. The Labute approximate surface area is 128 Å². The molecule has 2 aromatic rings. The molecule has 0 N–H and O–H groups in total. The quantitative estimate of drug-likeness (QED) is 0.673. The van der Waals surface area contributed by atoms with Crippen molar-refractivity contribution in [1.29, 1.82) is 0 Å². The number of rotatable bonds is 5. The standard InChI is InChI=1S/C21H23/c1-2-7-16(8-3-1)15-21(17-9-6-10-17)20-12-5-4-11-19(20)18-13-14-18/h1-5,7-8,11-12,17-18H,6,9-10,13-15H2. The Morgan fingerprint density at radius 2 is 1.52 bits per heavy atom. The number of hydrogen-bond donors (Lipinski definition) is 0. The summed E-state index contributed by atoms with van der Waals surface area (Å²) >= 11 is 0. The molecule has 0 atom stereocenters. The molecule has 2 aliphatic rings. The first-order valence-corrected chi connectivity index (χ1v) is 8.41. The topological polar surface area (TPSA) is 0 Å². The second kappa shape index (κ2) is 5.67. The van der Waals surface area contributed by atoms with E-state index in [0.29, 0.717) is 0 Å². The van der Waals surface area contributed by atoms with E-state index in [4.69, 9.17) is 0 Å². The van der Waals surface area contributed by atoms with E-state index in [1.54, 1.807) is 17.0 Å². The molecular weight excluding hydrogens is 252 g/mol. The molecule has 21 heavy (non-hydrogen) atoms. The smallest absolute Gasteiger partial charge is 0.0127 e. The van der Waals surface area contributed by atoms with E-state index in [9.17, 15) is 0 Å². The SMILES string of the molecule is c1ccc(C[C](c2ccccc2C2CC2)C2CCC2)cc1. The Balaban J connectivity index is 1.66. The van der Waals surface area contributed by atoms with Crippen LogP contribution in [0.15, 0.2) is 54.6 Å². The van der Waals surface area contributed by atoms with Crippen molar-refractivity contribution in [2.45, 2.75) is 44.4 Å². The van der Waals surface area contributed by atoms with Gasteiger partial charge in [0.05, 0.1) is 0 Å². The van der Waals surface area contributed by atoms with Gasteiger partial charge in [0.2, 0.25) is 0 Å².